The van der Waals surface area contributed by atoms with E-state index in [9.17, 15) is 0 Å². The molecule has 2 unspecified atom stereocenters. The largest absolute Gasteiger partial charge is 0.381 e. The van der Waals surface area contributed by atoms with Crippen LogP contribution in [0.3, 0.4) is 0 Å². The molecule has 15 heavy (non-hydrogen) atoms. The molecule has 0 aliphatic carbocycles. The highest BCUT2D eigenvalue weighted by molar-refractivity contribution is 5.17. The summed E-state index contributed by atoms with van der Waals surface area (Å²) in [6, 6.07) is 4.08. The average Bonchev–Trinajstić information content (AvgIpc) is 2.29. The number of ether oxygens (including phenoxy) is 1. The Hall–Kier alpha value is -0.930. The monoisotopic (exact) mass is 206 g/mol. The van der Waals surface area contributed by atoms with E-state index >= 15 is 0 Å². The molecule has 1 saturated heterocycles. The summed E-state index contributed by atoms with van der Waals surface area (Å²) < 4.78 is 5.45. The summed E-state index contributed by atoms with van der Waals surface area (Å²) in [5.74, 6) is 0.424. The first kappa shape index (κ1) is 10.6. The van der Waals surface area contributed by atoms with Crippen LogP contribution in [-0.4, -0.2) is 18.2 Å². The van der Waals surface area contributed by atoms with Crippen molar-refractivity contribution in [1.82, 2.24) is 4.98 Å². The van der Waals surface area contributed by atoms with Gasteiger partial charge in [0, 0.05) is 18.7 Å². The zero-order valence-corrected chi connectivity index (χ0v) is 9.15. The molecule has 1 aromatic rings. The topological polar surface area (TPSA) is 48.1 Å². The van der Waals surface area contributed by atoms with Crippen LogP contribution in [0.2, 0.25) is 0 Å². The van der Waals surface area contributed by atoms with Crippen molar-refractivity contribution in [3.8, 4) is 0 Å². The molecule has 0 amide bonds. The Morgan fingerprint density at radius 3 is 3.13 bits per heavy atom. The zero-order valence-electron chi connectivity index (χ0n) is 9.15. The van der Waals surface area contributed by atoms with Crippen molar-refractivity contribution in [3.63, 3.8) is 0 Å². The maximum absolute atomic E-state index is 6.20. The predicted octanol–water partition coefficient (Wildman–Crippen LogP) is 1.82. The normalized spacial score (nSPS) is 23.7. The van der Waals surface area contributed by atoms with Gasteiger partial charge in [0.1, 0.15) is 0 Å². The zero-order chi connectivity index (χ0) is 10.7. The molecule has 3 nitrogen and oxygen atoms in total. The molecule has 0 saturated carbocycles. The van der Waals surface area contributed by atoms with Crippen LogP contribution in [0.5, 0.6) is 0 Å². The van der Waals surface area contributed by atoms with Crippen molar-refractivity contribution in [1.29, 1.82) is 0 Å². The summed E-state index contributed by atoms with van der Waals surface area (Å²) in [4.78, 5) is 4.33. The van der Waals surface area contributed by atoms with E-state index < -0.39 is 0 Å². The van der Waals surface area contributed by atoms with Crippen molar-refractivity contribution in [2.45, 2.75) is 25.8 Å². The van der Waals surface area contributed by atoms with Crippen LogP contribution in [0.4, 0.5) is 0 Å². The minimum atomic E-state index is 0.0187. The standard InChI is InChI=1S/C12H18N2O/c1-9-4-5-14-11(7-9)12(13)10-3-2-6-15-8-10/h4-5,7,10,12H,2-3,6,8,13H2,1H3. The van der Waals surface area contributed by atoms with Crippen molar-refractivity contribution >= 4 is 0 Å². The van der Waals surface area contributed by atoms with E-state index in [2.05, 4.69) is 18.0 Å². The van der Waals surface area contributed by atoms with E-state index in [1.54, 1.807) is 0 Å². The van der Waals surface area contributed by atoms with Gasteiger partial charge < -0.3 is 10.5 Å². The Morgan fingerprint density at radius 1 is 1.60 bits per heavy atom. The lowest BCUT2D eigenvalue weighted by atomic mass is 9.91. The van der Waals surface area contributed by atoms with Gasteiger partial charge in [-0.25, -0.2) is 0 Å². The maximum Gasteiger partial charge on any atom is 0.0577 e. The van der Waals surface area contributed by atoms with Crippen molar-refractivity contribution in [3.05, 3.63) is 29.6 Å². The highest BCUT2D eigenvalue weighted by Gasteiger charge is 2.23. The SMILES string of the molecule is Cc1ccnc(C(N)C2CCCOC2)c1. The molecular formula is C12H18N2O. The van der Waals surface area contributed by atoms with Gasteiger partial charge in [0.25, 0.3) is 0 Å². The second-order valence-electron chi connectivity index (χ2n) is 4.26. The van der Waals surface area contributed by atoms with Crippen molar-refractivity contribution in [2.24, 2.45) is 11.7 Å². The molecular weight excluding hydrogens is 188 g/mol. The van der Waals surface area contributed by atoms with Crippen LogP contribution in [0.1, 0.15) is 30.1 Å². The smallest absolute Gasteiger partial charge is 0.0577 e. The van der Waals surface area contributed by atoms with Crippen molar-refractivity contribution < 1.29 is 4.74 Å². The van der Waals surface area contributed by atoms with Crippen LogP contribution in [0, 0.1) is 12.8 Å². The van der Waals surface area contributed by atoms with Gasteiger partial charge in [0.15, 0.2) is 0 Å². The van der Waals surface area contributed by atoms with Crippen LogP contribution in [-0.2, 0) is 4.74 Å². The van der Waals surface area contributed by atoms with Gasteiger partial charge >= 0.3 is 0 Å². The van der Waals surface area contributed by atoms with Crippen molar-refractivity contribution in [2.75, 3.05) is 13.2 Å². The van der Waals surface area contributed by atoms with Gasteiger partial charge in [0.05, 0.1) is 18.3 Å². The van der Waals surface area contributed by atoms with E-state index in [4.69, 9.17) is 10.5 Å². The third-order valence-electron chi connectivity index (χ3n) is 2.98. The van der Waals surface area contributed by atoms with Gasteiger partial charge in [-0.3, -0.25) is 4.98 Å². The molecule has 0 aromatic carbocycles. The number of hydrogen-bond acceptors (Lipinski definition) is 3. The maximum atomic E-state index is 6.20. The molecule has 0 radical (unpaired) electrons. The van der Waals surface area contributed by atoms with Crippen LogP contribution in [0.15, 0.2) is 18.3 Å². The molecule has 1 aromatic heterocycles. The first-order valence-corrected chi connectivity index (χ1v) is 5.53. The Labute approximate surface area is 90.7 Å². The Bertz CT molecular complexity index is 321. The van der Waals surface area contributed by atoms with Gasteiger partial charge in [-0.2, -0.15) is 0 Å². The number of pyridine rings is 1. The minimum absolute atomic E-state index is 0.0187. The van der Waals surface area contributed by atoms with Gasteiger partial charge in [-0.1, -0.05) is 0 Å². The first-order valence-electron chi connectivity index (χ1n) is 5.53. The molecule has 2 rings (SSSR count). The highest BCUT2D eigenvalue weighted by Crippen LogP contribution is 2.25. The number of aryl methyl sites for hydroxylation is 1. The first-order chi connectivity index (χ1) is 7.27. The van der Waals surface area contributed by atoms with E-state index in [0.717, 1.165) is 31.7 Å². The summed E-state index contributed by atoms with van der Waals surface area (Å²) in [6.07, 6.45) is 4.09. The average molecular weight is 206 g/mol. The molecule has 3 heteroatoms. The van der Waals surface area contributed by atoms with E-state index in [1.807, 2.05) is 12.3 Å². The number of rotatable bonds is 2. The van der Waals surface area contributed by atoms with E-state index in [-0.39, 0.29) is 6.04 Å². The Kier molecular flexibility index (Phi) is 3.34. The molecule has 1 aliphatic heterocycles. The number of nitrogens with zero attached hydrogens (tertiary/aromatic N) is 1. The molecule has 2 N–H and O–H groups in total. The second kappa shape index (κ2) is 4.73. The number of nitrogens with two attached hydrogens (primary N) is 1. The fourth-order valence-corrected chi connectivity index (χ4v) is 2.03. The molecule has 1 fully saturated rings. The lowest BCUT2D eigenvalue weighted by molar-refractivity contribution is 0.0442. The predicted molar refractivity (Wildman–Crippen MR) is 59.4 cm³/mol. The van der Waals surface area contributed by atoms with Crippen LogP contribution in [0.25, 0.3) is 0 Å². The summed E-state index contributed by atoms with van der Waals surface area (Å²) in [5, 5.41) is 0. The molecule has 0 spiro atoms. The molecule has 0 bridgehead atoms. The van der Waals surface area contributed by atoms with Gasteiger partial charge in [-0.15, -0.1) is 0 Å². The summed E-state index contributed by atoms with van der Waals surface area (Å²) in [5.41, 5.74) is 8.40. The third-order valence-corrected chi connectivity index (χ3v) is 2.98. The summed E-state index contributed by atoms with van der Waals surface area (Å²) >= 11 is 0. The fourth-order valence-electron chi connectivity index (χ4n) is 2.03. The highest BCUT2D eigenvalue weighted by atomic mass is 16.5. The molecule has 82 valence electrons. The third kappa shape index (κ3) is 2.55. The fraction of sp³-hybridized carbons (Fsp3) is 0.583. The molecule has 1 aliphatic rings. The second-order valence-corrected chi connectivity index (χ2v) is 4.26. The summed E-state index contributed by atoms with van der Waals surface area (Å²) in [6.45, 7) is 3.72. The quantitative estimate of drug-likeness (QED) is 0.803. The Morgan fingerprint density at radius 2 is 2.47 bits per heavy atom. The molecule has 2 heterocycles. The van der Waals surface area contributed by atoms with Gasteiger partial charge in [-0.05, 0) is 37.5 Å². The Balaban J connectivity index is 2.08. The summed E-state index contributed by atoms with van der Waals surface area (Å²) in [7, 11) is 0. The lowest BCUT2D eigenvalue weighted by Crippen LogP contribution is -2.29. The van der Waals surface area contributed by atoms with Crippen LogP contribution < -0.4 is 5.73 Å². The van der Waals surface area contributed by atoms with Gasteiger partial charge in [0.2, 0.25) is 0 Å². The minimum Gasteiger partial charge on any atom is -0.381 e. The van der Waals surface area contributed by atoms with Crippen LogP contribution >= 0.6 is 0 Å². The van der Waals surface area contributed by atoms with E-state index in [1.165, 1.54) is 5.56 Å². The molecule has 2 atom stereocenters. The number of hydrogen-bond donors (Lipinski definition) is 1. The lowest BCUT2D eigenvalue weighted by Gasteiger charge is -2.27. The van der Waals surface area contributed by atoms with E-state index in [0.29, 0.717) is 5.92 Å². The number of aromatic nitrogens is 1.